The molecule has 0 spiro atoms. The van der Waals surface area contributed by atoms with Gasteiger partial charge in [0.25, 0.3) is 11.2 Å². The first-order chi connectivity index (χ1) is 9.74. The SMILES string of the molecule is Cc1nnc(Sc2nc(NN)nc(-n3cccn3)n2)o1. The maximum absolute atomic E-state index is 5.35. The van der Waals surface area contributed by atoms with Gasteiger partial charge in [-0.3, -0.25) is 5.43 Å². The van der Waals surface area contributed by atoms with Crippen LogP contribution in [0.15, 0.2) is 33.3 Å². The predicted molar refractivity (Wildman–Crippen MR) is 67.9 cm³/mol. The molecule has 102 valence electrons. The van der Waals surface area contributed by atoms with Crippen molar-refractivity contribution >= 4 is 17.7 Å². The Hall–Kier alpha value is -2.53. The van der Waals surface area contributed by atoms with E-state index in [1.54, 1.807) is 25.4 Å². The standard InChI is InChI=1S/C9H9N9OS/c1-5-16-17-9(19-5)20-8-13-6(15-10)12-7(14-8)18-4-2-3-11-18/h2-4H,10H2,1H3,(H,12,13,14,15). The Balaban J connectivity index is 1.96. The van der Waals surface area contributed by atoms with E-state index in [0.29, 0.717) is 22.2 Å². The van der Waals surface area contributed by atoms with Gasteiger partial charge in [-0.2, -0.15) is 20.1 Å². The highest BCUT2D eigenvalue weighted by Gasteiger charge is 2.12. The summed E-state index contributed by atoms with van der Waals surface area (Å²) in [6.07, 6.45) is 3.33. The Morgan fingerprint density at radius 1 is 1.30 bits per heavy atom. The van der Waals surface area contributed by atoms with Crippen LogP contribution >= 0.6 is 11.8 Å². The molecule has 20 heavy (non-hydrogen) atoms. The van der Waals surface area contributed by atoms with Crippen LogP contribution < -0.4 is 11.3 Å². The molecule has 0 unspecified atom stereocenters. The minimum Gasteiger partial charge on any atom is -0.416 e. The summed E-state index contributed by atoms with van der Waals surface area (Å²) in [4.78, 5) is 12.5. The van der Waals surface area contributed by atoms with Crippen molar-refractivity contribution in [1.82, 2.24) is 34.9 Å². The Morgan fingerprint density at radius 3 is 2.85 bits per heavy atom. The molecule has 3 heterocycles. The van der Waals surface area contributed by atoms with E-state index >= 15 is 0 Å². The molecule has 0 bridgehead atoms. The van der Waals surface area contributed by atoms with Crippen molar-refractivity contribution in [3.8, 4) is 5.95 Å². The third-order valence-electron chi connectivity index (χ3n) is 2.13. The first kappa shape index (κ1) is 12.5. The molecule has 0 saturated carbocycles. The fourth-order valence-electron chi connectivity index (χ4n) is 1.34. The molecule has 0 atom stereocenters. The maximum Gasteiger partial charge on any atom is 0.284 e. The lowest BCUT2D eigenvalue weighted by molar-refractivity contribution is 0.429. The summed E-state index contributed by atoms with van der Waals surface area (Å²) in [5, 5.41) is 12.3. The average molecular weight is 291 g/mol. The highest BCUT2D eigenvalue weighted by Crippen LogP contribution is 2.24. The summed E-state index contributed by atoms with van der Waals surface area (Å²) in [5.41, 5.74) is 2.38. The molecule has 10 nitrogen and oxygen atoms in total. The lowest BCUT2D eigenvalue weighted by Gasteiger charge is -2.04. The van der Waals surface area contributed by atoms with Crippen LogP contribution in [0.5, 0.6) is 0 Å². The van der Waals surface area contributed by atoms with Crippen LogP contribution in [0.25, 0.3) is 5.95 Å². The van der Waals surface area contributed by atoms with Gasteiger partial charge in [0, 0.05) is 31.1 Å². The van der Waals surface area contributed by atoms with Gasteiger partial charge in [-0.15, -0.1) is 10.2 Å². The van der Waals surface area contributed by atoms with Gasteiger partial charge in [0.2, 0.25) is 17.0 Å². The molecule has 0 aliphatic heterocycles. The third-order valence-corrected chi connectivity index (χ3v) is 2.83. The molecular formula is C9H9N9OS. The smallest absolute Gasteiger partial charge is 0.284 e. The van der Waals surface area contributed by atoms with Gasteiger partial charge in [-0.1, -0.05) is 0 Å². The molecule has 0 amide bonds. The van der Waals surface area contributed by atoms with E-state index in [0.717, 1.165) is 11.8 Å². The van der Waals surface area contributed by atoms with Gasteiger partial charge in [0.15, 0.2) is 0 Å². The molecule has 3 aromatic heterocycles. The fourth-order valence-corrected chi connectivity index (χ4v) is 2.00. The third kappa shape index (κ3) is 2.57. The molecule has 0 aromatic carbocycles. The van der Waals surface area contributed by atoms with Crippen molar-refractivity contribution in [3.63, 3.8) is 0 Å². The zero-order chi connectivity index (χ0) is 13.9. The molecular weight excluding hydrogens is 282 g/mol. The second kappa shape index (κ2) is 5.22. The molecule has 3 aromatic rings. The number of aryl methyl sites for hydroxylation is 1. The number of aromatic nitrogens is 7. The van der Waals surface area contributed by atoms with Gasteiger partial charge >= 0.3 is 0 Å². The number of nitrogens with zero attached hydrogens (tertiary/aromatic N) is 7. The van der Waals surface area contributed by atoms with E-state index in [1.807, 2.05) is 0 Å². The summed E-state index contributed by atoms with van der Waals surface area (Å²) >= 11 is 1.11. The number of hydrogen-bond acceptors (Lipinski definition) is 10. The van der Waals surface area contributed by atoms with Crippen LogP contribution in [0.3, 0.4) is 0 Å². The van der Waals surface area contributed by atoms with Crippen molar-refractivity contribution < 1.29 is 4.42 Å². The Morgan fingerprint density at radius 2 is 2.20 bits per heavy atom. The number of nitrogen functional groups attached to an aromatic ring is 1. The summed E-state index contributed by atoms with van der Waals surface area (Å²) < 4.78 is 6.75. The topological polar surface area (TPSA) is 133 Å². The minimum absolute atomic E-state index is 0.212. The second-order valence-corrected chi connectivity index (χ2v) is 4.44. The van der Waals surface area contributed by atoms with Crippen LogP contribution in [0.1, 0.15) is 5.89 Å². The molecule has 0 fully saturated rings. The number of hydrogen-bond donors (Lipinski definition) is 2. The van der Waals surface area contributed by atoms with Crippen molar-refractivity contribution in [2.45, 2.75) is 17.3 Å². The Labute approximate surface area is 116 Å². The summed E-state index contributed by atoms with van der Waals surface area (Å²) in [5.74, 6) is 6.35. The normalized spacial score (nSPS) is 10.7. The van der Waals surface area contributed by atoms with Gasteiger partial charge in [-0.05, 0) is 6.07 Å². The predicted octanol–water partition coefficient (Wildman–Crippen LogP) is 0.186. The molecule has 3 rings (SSSR count). The second-order valence-electron chi connectivity index (χ2n) is 3.53. The average Bonchev–Trinajstić information content (AvgIpc) is 3.10. The summed E-state index contributed by atoms with van der Waals surface area (Å²) in [7, 11) is 0. The van der Waals surface area contributed by atoms with Crippen LogP contribution in [-0.4, -0.2) is 34.9 Å². The van der Waals surface area contributed by atoms with Crippen LogP contribution in [0.4, 0.5) is 5.95 Å². The fraction of sp³-hybridized carbons (Fsp3) is 0.111. The minimum atomic E-state index is 0.212. The zero-order valence-corrected chi connectivity index (χ0v) is 11.1. The zero-order valence-electron chi connectivity index (χ0n) is 10.3. The van der Waals surface area contributed by atoms with Crippen molar-refractivity contribution in [2.24, 2.45) is 5.84 Å². The lowest BCUT2D eigenvalue weighted by atomic mass is 10.7. The van der Waals surface area contributed by atoms with Crippen molar-refractivity contribution in [3.05, 3.63) is 24.4 Å². The van der Waals surface area contributed by atoms with Gasteiger partial charge < -0.3 is 4.42 Å². The van der Waals surface area contributed by atoms with E-state index in [4.69, 9.17) is 10.3 Å². The number of nitrogens with two attached hydrogens (primary N) is 1. The highest BCUT2D eigenvalue weighted by molar-refractivity contribution is 7.98. The van der Waals surface area contributed by atoms with E-state index in [1.165, 1.54) is 4.68 Å². The summed E-state index contributed by atoms with van der Waals surface area (Å²) in [6, 6.07) is 1.76. The molecule has 0 aliphatic rings. The first-order valence-electron chi connectivity index (χ1n) is 5.45. The van der Waals surface area contributed by atoms with E-state index in [2.05, 4.69) is 35.7 Å². The van der Waals surface area contributed by atoms with Crippen molar-refractivity contribution in [1.29, 1.82) is 0 Å². The molecule has 0 aliphatic carbocycles. The Kier molecular flexibility index (Phi) is 3.26. The molecule has 3 N–H and O–H groups in total. The van der Waals surface area contributed by atoms with E-state index < -0.39 is 0 Å². The van der Waals surface area contributed by atoms with Crippen molar-refractivity contribution in [2.75, 3.05) is 5.43 Å². The largest absolute Gasteiger partial charge is 0.416 e. The number of anilines is 1. The lowest BCUT2D eigenvalue weighted by Crippen LogP contribution is -2.14. The van der Waals surface area contributed by atoms with Gasteiger partial charge in [0.1, 0.15) is 0 Å². The number of nitrogens with one attached hydrogen (secondary N) is 1. The van der Waals surface area contributed by atoms with Gasteiger partial charge in [0.05, 0.1) is 0 Å². The van der Waals surface area contributed by atoms with Crippen LogP contribution in [0, 0.1) is 6.92 Å². The highest BCUT2D eigenvalue weighted by atomic mass is 32.2. The molecule has 0 saturated heterocycles. The van der Waals surface area contributed by atoms with E-state index in [9.17, 15) is 0 Å². The van der Waals surface area contributed by atoms with Crippen LogP contribution in [0.2, 0.25) is 0 Å². The van der Waals surface area contributed by atoms with Gasteiger partial charge in [-0.25, -0.2) is 10.5 Å². The quantitative estimate of drug-likeness (QED) is 0.506. The molecule has 0 radical (unpaired) electrons. The van der Waals surface area contributed by atoms with E-state index in [-0.39, 0.29) is 5.95 Å². The first-order valence-corrected chi connectivity index (χ1v) is 6.27. The molecule has 11 heteroatoms. The maximum atomic E-state index is 5.35. The summed E-state index contributed by atoms with van der Waals surface area (Å²) in [6.45, 7) is 1.70. The Bertz CT molecular complexity index is 710. The monoisotopic (exact) mass is 291 g/mol. The number of rotatable bonds is 4. The number of hydrazine groups is 1. The van der Waals surface area contributed by atoms with Crippen LogP contribution in [-0.2, 0) is 0 Å².